The van der Waals surface area contributed by atoms with Crippen molar-refractivity contribution < 1.29 is 18.1 Å². The number of carboxylic acid groups (broad SMARTS) is 1. The van der Waals surface area contributed by atoms with Crippen LogP contribution in [-0.4, -0.2) is 36.3 Å². The lowest BCUT2D eigenvalue weighted by Gasteiger charge is -2.37. The fourth-order valence-electron chi connectivity index (χ4n) is 3.36. The highest BCUT2D eigenvalue weighted by Crippen LogP contribution is 2.24. The minimum atomic E-state index is -1.99. The zero-order valence-corrected chi connectivity index (χ0v) is 20.7. The third-order valence-electron chi connectivity index (χ3n) is 3.99. The van der Waals surface area contributed by atoms with Crippen molar-refractivity contribution in [2.75, 3.05) is 0 Å². The molecule has 0 aliphatic rings. The summed E-state index contributed by atoms with van der Waals surface area (Å²) in [5.41, 5.74) is 0. The van der Waals surface area contributed by atoms with Gasteiger partial charge in [-0.1, -0.05) is 59.8 Å². The van der Waals surface area contributed by atoms with Crippen LogP contribution in [0, 0.1) is 0 Å². The van der Waals surface area contributed by atoms with Gasteiger partial charge in [-0.25, -0.2) is 0 Å². The van der Waals surface area contributed by atoms with E-state index in [1.807, 2.05) is 0 Å². The summed E-state index contributed by atoms with van der Waals surface area (Å²) in [6.45, 7) is 15.8. The lowest BCUT2D eigenvalue weighted by molar-refractivity contribution is -0.137. The number of unbranched alkanes of at least 4 members (excludes halogenated alkanes) is 7. The first-order chi connectivity index (χ1) is 11.3. The first kappa shape index (κ1) is 31.7. The monoisotopic (exact) mass is 438 g/mol. The Bertz CT molecular complexity index is 380. The van der Waals surface area contributed by atoms with E-state index in [1.54, 1.807) is 0 Å². The largest absolute Gasteiger partial charge is 0.481 e. The molecule has 0 saturated carbocycles. The van der Waals surface area contributed by atoms with Crippen LogP contribution in [0.1, 0.15) is 72.6 Å². The molecule has 0 aromatic rings. The molecule has 0 aliphatic heterocycles. The second-order valence-electron chi connectivity index (χ2n) is 9.20. The van der Waals surface area contributed by atoms with Crippen LogP contribution < -0.4 is 0 Å². The van der Waals surface area contributed by atoms with Crippen molar-refractivity contribution in [1.82, 2.24) is 0 Å². The highest BCUT2D eigenvalue weighted by atomic mass is 28.5. The van der Waals surface area contributed by atoms with E-state index in [-0.39, 0.29) is 14.9 Å². The van der Waals surface area contributed by atoms with Gasteiger partial charge in [-0.2, -0.15) is 0 Å². The molecule has 4 nitrogen and oxygen atoms in total. The van der Waals surface area contributed by atoms with Gasteiger partial charge in [-0.15, -0.1) is 0 Å². The molecule has 0 rings (SSSR count). The van der Waals surface area contributed by atoms with Crippen LogP contribution in [-0.2, 0) is 13.0 Å². The van der Waals surface area contributed by atoms with Gasteiger partial charge >= 0.3 is 14.5 Å². The zero-order chi connectivity index (χ0) is 19.6. The van der Waals surface area contributed by atoms with E-state index >= 15 is 0 Å². The van der Waals surface area contributed by atoms with Crippen LogP contribution in [0.5, 0.6) is 0 Å². The molecule has 0 bridgehead atoms. The highest BCUT2D eigenvalue weighted by Gasteiger charge is 2.37. The van der Waals surface area contributed by atoms with Gasteiger partial charge in [0.15, 0.2) is 16.6 Å². The number of aliphatic carboxylic acids is 1. The number of hydrogen-bond acceptors (Lipinski definition) is 3. The second-order valence-corrected chi connectivity index (χ2v) is 21.9. The van der Waals surface area contributed by atoms with Gasteiger partial charge in [-0.05, 0) is 58.3 Å². The smallest absolute Gasteiger partial charge is 0.311 e. The number of carbonyl (C=O) groups is 1. The second kappa shape index (κ2) is 15.0. The molecule has 0 heterocycles. The van der Waals surface area contributed by atoms with Crippen LogP contribution in [0.15, 0.2) is 0 Å². The summed E-state index contributed by atoms with van der Waals surface area (Å²) in [5, 5.41) is 8.59. The van der Waals surface area contributed by atoms with E-state index in [9.17, 15) is 4.79 Å². The molecule has 0 amide bonds. The molecule has 0 atom stereocenters. The third kappa shape index (κ3) is 22.2. The van der Waals surface area contributed by atoms with Gasteiger partial charge < -0.3 is 13.3 Å². The average Bonchev–Trinajstić information content (AvgIpc) is 2.36. The molecule has 0 radical (unpaired) electrons. The third-order valence-corrected chi connectivity index (χ3v) is 14.1. The van der Waals surface area contributed by atoms with Crippen molar-refractivity contribution in [3.05, 3.63) is 0 Å². The first-order valence-corrected chi connectivity index (χ1v) is 19.3. The van der Waals surface area contributed by atoms with Crippen LogP contribution in [0.3, 0.4) is 0 Å². The van der Waals surface area contributed by atoms with Gasteiger partial charge in [0, 0.05) is 6.42 Å². The van der Waals surface area contributed by atoms with E-state index < -0.39 is 31.2 Å². The molecule has 0 unspecified atom stereocenters. The fraction of sp³-hybridized carbons (Fsp3) is 0.950. The van der Waals surface area contributed by atoms with Crippen LogP contribution >= 0.6 is 0 Å². The van der Waals surface area contributed by atoms with Gasteiger partial charge in [0.1, 0.15) is 0 Å². The molecule has 0 saturated heterocycles. The summed E-state index contributed by atoms with van der Waals surface area (Å²) in [5.74, 6) is -0.671. The standard InChI is InChI=1S/C18H42O4Si3.2CH4/c1-23(2,3)21-25(6,7)22-24(4,5)17-15-13-11-9-8-10-12-14-16-18(19)20;;/h8-17H2,1-7H3,(H,19,20);2*1H4. The maximum absolute atomic E-state index is 10.4. The van der Waals surface area contributed by atoms with Crippen LogP contribution in [0.25, 0.3) is 0 Å². The lowest BCUT2D eigenvalue weighted by atomic mass is 10.1. The topological polar surface area (TPSA) is 55.8 Å². The maximum Gasteiger partial charge on any atom is 0.311 e. The SMILES string of the molecule is C.C.C[Si](C)(C)O[Si](C)(C)O[Si](C)(C)CCCCCCCCCCC(=O)O. The summed E-state index contributed by atoms with van der Waals surface area (Å²) in [6.07, 6.45) is 9.71. The van der Waals surface area contributed by atoms with Gasteiger partial charge in [-0.3, -0.25) is 4.79 Å². The molecule has 166 valence electrons. The van der Waals surface area contributed by atoms with Crippen LogP contribution in [0.2, 0.25) is 51.9 Å². The number of carboxylic acids is 1. The van der Waals surface area contributed by atoms with Crippen molar-refractivity contribution in [3.8, 4) is 0 Å². The van der Waals surface area contributed by atoms with E-state index in [0.717, 1.165) is 12.8 Å². The normalized spacial score (nSPS) is 12.3. The lowest BCUT2D eigenvalue weighted by Crippen LogP contribution is -2.51. The summed E-state index contributed by atoms with van der Waals surface area (Å²) in [4.78, 5) is 10.4. The number of hydrogen-bond donors (Lipinski definition) is 1. The summed E-state index contributed by atoms with van der Waals surface area (Å²) >= 11 is 0. The molecule has 0 aliphatic carbocycles. The zero-order valence-electron chi connectivity index (χ0n) is 17.7. The quantitative estimate of drug-likeness (QED) is 0.211. The fourth-order valence-corrected chi connectivity index (χ4v) is 16.6. The molecule has 27 heavy (non-hydrogen) atoms. The van der Waals surface area contributed by atoms with Crippen LogP contribution in [0.4, 0.5) is 0 Å². The molecule has 0 aromatic heterocycles. The van der Waals surface area contributed by atoms with E-state index in [1.165, 1.54) is 44.6 Å². The molecular weight excluding hydrogens is 388 g/mol. The molecule has 0 aromatic carbocycles. The summed E-state index contributed by atoms with van der Waals surface area (Å²) in [6, 6.07) is 1.22. The molecule has 0 spiro atoms. The highest BCUT2D eigenvalue weighted by molar-refractivity contribution is 6.87. The molecular formula is C20H50O4Si3. The van der Waals surface area contributed by atoms with Gasteiger partial charge in [0.2, 0.25) is 0 Å². The molecule has 7 heteroatoms. The van der Waals surface area contributed by atoms with Crippen molar-refractivity contribution >= 4 is 31.2 Å². The van der Waals surface area contributed by atoms with E-state index in [0.29, 0.717) is 6.42 Å². The predicted molar refractivity (Wildman–Crippen MR) is 128 cm³/mol. The van der Waals surface area contributed by atoms with Crippen molar-refractivity contribution in [2.24, 2.45) is 0 Å². The Labute approximate surface area is 174 Å². The Morgan fingerprint density at radius 1 is 0.704 bits per heavy atom. The Morgan fingerprint density at radius 2 is 1.11 bits per heavy atom. The van der Waals surface area contributed by atoms with Gasteiger partial charge in [0.05, 0.1) is 0 Å². The Balaban J connectivity index is -0.00000288. The predicted octanol–water partition coefficient (Wildman–Crippen LogP) is 7.63. The Morgan fingerprint density at radius 3 is 1.52 bits per heavy atom. The summed E-state index contributed by atoms with van der Waals surface area (Å²) < 4.78 is 12.9. The maximum atomic E-state index is 10.4. The first-order valence-electron chi connectivity index (χ1n) is 9.95. The average molecular weight is 439 g/mol. The summed E-state index contributed by atoms with van der Waals surface area (Å²) in [7, 11) is -5.16. The van der Waals surface area contributed by atoms with Crippen molar-refractivity contribution in [2.45, 2.75) is 125 Å². The van der Waals surface area contributed by atoms with E-state index in [2.05, 4.69) is 45.8 Å². The van der Waals surface area contributed by atoms with E-state index in [4.69, 9.17) is 13.3 Å². The number of rotatable bonds is 15. The van der Waals surface area contributed by atoms with Crippen molar-refractivity contribution in [3.63, 3.8) is 0 Å². The van der Waals surface area contributed by atoms with Gasteiger partial charge in [0.25, 0.3) is 0 Å². The minimum Gasteiger partial charge on any atom is -0.481 e. The molecule has 1 N–H and O–H groups in total. The van der Waals surface area contributed by atoms with Crippen molar-refractivity contribution in [1.29, 1.82) is 0 Å². The molecule has 0 fully saturated rings. The minimum absolute atomic E-state index is 0. The Kier molecular flexibility index (Phi) is 17.6. The Hall–Kier alpha value is 0.0406.